The second kappa shape index (κ2) is 5.80. The van der Waals surface area contributed by atoms with Gasteiger partial charge in [-0.1, -0.05) is 45.0 Å². The molecule has 0 aliphatic heterocycles. The highest BCUT2D eigenvalue weighted by Crippen LogP contribution is 2.31. The Morgan fingerprint density at radius 2 is 1.95 bits per heavy atom. The molecule has 2 aromatic rings. The van der Waals surface area contributed by atoms with Crippen molar-refractivity contribution >= 4 is 0 Å². The molecule has 0 amide bonds. The number of aromatic nitrogens is 2. The first kappa shape index (κ1) is 14.8. The van der Waals surface area contributed by atoms with E-state index < -0.39 is 6.10 Å². The molecule has 0 aliphatic rings. The number of hydrogen-bond acceptors (Lipinski definition) is 2. The molecular weight excluding hydrogens is 248 g/mol. The summed E-state index contributed by atoms with van der Waals surface area (Å²) < 4.78 is 1.80. The van der Waals surface area contributed by atoms with Crippen LogP contribution in [0.1, 0.15) is 50.0 Å². The molecule has 0 saturated heterocycles. The number of hydrogen-bond donors (Lipinski definition) is 1. The summed E-state index contributed by atoms with van der Waals surface area (Å²) in [5, 5.41) is 14.7. The van der Waals surface area contributed by atoms with E-state index in [1.165, 1.54) is 11.1 Å². The standard InChI is InChI=1S/C17H24N2O/c1-17(2,3)15-8-6-5-7-14(15)16(20)10-9-13-11-18-19(4)12-13/h5-8,11-12,16,20H,9-10H2,1-4H3. The molecule has 0 fully saturated rings. The van der Waals surface area contributed by atoms with Crippen LogP contribution >= 0.6 is 0 Å². The minimum Gasteiger partial charge on any atom is -0.388 e. The average molecular weight is 272 g/mol. The second-order valence-corrected chi connectivity index (χ2v) is 6.41. The molecule has 20 heavy (non-hydrogen) atoms. The van der Waals surface area contributed by atoms with E-state index in [4.69, 9.17) is 0 Å². The van der Waals surface area contributed by atoms with Crippen LogP contribution in [-0.2, 0) is 18.9 Å². The van der Waals surface area contributed by atoms with Gasteiger partial charge in [0.25, 0.3) is 0 Å². The predicted molar refractivity (Wildman–Crippen MR) is 81.6 cm³/mol. The van der Waals surface area contributed by atoms with E-state index in [0.29, 0.717) is 0 Å². The van der Waals surface area contributed by atoms with E-state index in [-0.39, 0.29) is 5.41 Å². The third kappa shape index (κ3) is 3.48. The summed E-state index contributed by atoms with van der Waals surface area (Å²) in [6.45, 7) is 6.54. The molecule has 1 aromatic carbocycles. The lowest BCUT2D eigenvalue weighted by molar-refractivity contribution is 0.165. The summed E-state index contributed by atoms with van der Waals surface area (Å²) in [5.41, 5.74) is 3.48. The summed E-state index contributed by atoms with van der Waals surface area (Å²) in [7, 11) is 1.91. The molecule has 0 bridgehead atoms. The zero-order valence-corrected chi connectivity index (χ0v) is 12.8. The van der Waals surface area contributed by atoms with Crippen molar-refractivity contribution in [3.05, 3.63) is 53.3 Å². The molecule has 1 heterocycles. The van der Waals surface area contributed by atoms with Crippen molar-refractivity contribution in [3.63, 3.8) is 0 Å². The Balaban J connectivity index is 2.11. The molecule has 0 saturated carbocycles. The minimum atomic E-state index is -0.425. The number of benzene rings is 1. The van der Waals surface area contributed by atoms with Crippen LogP contribution in [0.3, 0.4) is 0 Å². The maximum atomic E-state index is 10.5. The van der Waals surface area contributed by atoms with Gasteiger partial charge in [0.15, 0.2) is 0 Å². The number of aliphatic hydroxyl groups excluding tert-OH is 1. The lowest BCUT2D eigenvalue weighted by Gasteiger charge is -2.25. The van der Waals surface area contributed by atoms with Crippen molar-refractivity contribution in [1.82, 2.24) is 9.78 Å². The Hall–Kier alpha value is -1.61. The first-order chi connectivity index (χ1) is 9.38. The third-order valence-corrected chi connectivity index (χ3v) is 3.59. The topological polar surface area (TPSA) is 38.0 Å². The zero-order valence-electron chi connectivity index (χ0n) is 12.8. The molecule has 108 valence electrons. The van der Waals surface area contributed by atoms with Gasteiger partial charge < -0.3 is 5.11 Å². The number of nitrogens with zero attached hydrogens (tertiary/aromatic N) is 2. The Bertz CT molecular complexity index is 566. The van der Waals surface area contributed by atoms with Crippen molar-refractivity contribution in [2.24, 2.45) is 7.05 Å². The van der Waals surface area contributed by atoms with Crippen molar-refractivity contribution in [2.45, 2.75) is 45.1 Å². The van der Waals surface area contributed by atoms with Gasteiger partial charge >= 0.3 is 0 Å². The van der Waals surface area contributed by atoms with Crippen LogP contribution in [0.15, 0.2) is 36.7 Å². The van der Waals surface area contributed by atoms with Gasteiger partial charge in [-0.3, -0.25) is 4.68 Å². The molecule has 2 rings (SSSR count). The highest BCUT2D eigenvalue weighted by Gasteiger charge is 2.21. The van der Waals surface area contributed by atoms with Gasteiger partial charge in [-0.25, -0.2) is 0 Å². The van der Waals surface area contributed by atoms with E-state index in [1.54, 1.807) is 4.68 Å². The first-order valence-corrected chi connectivity index (χ1v) is 7.13. The highest BCUT2D eigenvalue weighted by atomic mass is 16.3. The fraction of sp³-hybridized carbons (Fsp3) is 0.471. The SMILES string of the molecule is Cn1cc(CCC(O)c2ccccc2C(C)(C)C)cn1. The molecule has 1 aromatic heterocycles. The van der Waals surface area contributed by atoms with Gasteiger partial charge in [-0.05, 0) is 34.9 Å². The average Bonchev–Trinajstić information content (AvgIpc) is 2.81. The largest absolute Gasteiger partial charge is 0.388 e. The van der Waals surface area contributed by atoms with Gasteiger partial charge in [0.1, 0.15) is 0 Å². The van der Waals surface area contributed by atoms with Crippen LogP contribution in [0.2, 0.25) is 0 Å². The van der Waals surface area contributed by atoms with Crippen LogP contribution in [0.4, 0.5) is 0 Å². The monoisotopic (exact) mass is 272 g/mol. The third-order valence-electron chi connectivity index (χ3n) is 3.59. The van der Waals surface area contributed by atoms with Gasteiger partial charge in [-0.2, -0.15) is 5.10 Å². The van der Waals surface area contributed by atoms with Gasteiger partial charge in [-0.15, -0.1) is 0 Å². The van der Waals surface area contributed by atoms with Crippen molar-refractivity contribution in [2.75, 3.05) is 0 Å². The first-order valence-electron chi connectivity index (χ1n) is 7.13. The minimum absolute atomic E-state index is 0.0475. The van der Waals surface area contributed by atoms with Gasteiger partial charge in [0.05, 0.1) is 12.3 Å². The Kier molecular flexibility index (Phi) is 4.29. The molecule has 3 heteroatoms. The lowest BCUT2D eigenvalue weighted by Crippen LogP contribution is -2.16. The highest BCUT2D eigenvalue weighted by molar-refractivity contribution is 5.34. The van der Waals surface area contributed by atoms with Crippen LogP contribution in [0.5, 0.6) is 0 Å². The summed E-state index contributed by atoms with van der Waals surface area (Å²) >= 11 is 0. The number of aliphatic hydroxyl groups is 1. The molecule has 0 aliphatic carbocycles. The lowest BCUT2D eigenvalue weighted by atomic mass is 9.81. The smallest absolute Gasteiger partial charge is 0.0796 e. The Morgan fingerprint density at radius 1 is 1.25 bits per heavy atom. The molecule has 1 unspecified atom stereocenters. The van der Waals surface area contributed by atoms with E-state index in [9.17, 15) is 5.11 Å². The normalized spacial score (nSPS) is 13.4. The van der Waals surface area contributed by atoms with E-state index in [2.05, 4.69) is 31.9 Å². The van der Waals surface area contributed by atoms with E-state index in [0.717, 1.165) is 18.4 Å². The van der Waals surface area contributed by atoms with Crippen LogP contribution in [0, 0.1) is 0 Å². The molecule has 0 radical (unpaired) electrons. The molecular formula is C17H24N2O. The maximum absolute atomic E-state index is 10.5. The van der Waals surface area contributed by atoms with Crippen molar-refractivity contribution < 1.29 is 5.11 Å². The summed E-state index contributed by atoms with van der Waals surface area (Å²) in [6, 6.07) is 8.19. The Morgan fingerprint density at radius 3 is 2.55 bits per heavy atom. The number of aryl methyl sites for hydroxylation is 2. The maximum Gasteiger partial charge on any atom is 0.0796 e. The van der Waals surface area contributed by atoms with Crippen LogP contribution < -0.4 is 0 Å². The Labute approximate surface area is 121 Å². The van der Waals surface area contributed by atoms with Crippen molar-refractivity contribution in [3.8, 4) is 0 Å². The summed E-state index contributed by atoms with van der Waals surface area (Å²) in [5.74, 6) is 0. The molecule has 3 nitrogen and oxygen atoms in total. The fourth-order valence-electron chi connectivity index (χ4n) is 2.53. The fourth-order valence-corrected chi connectivity index (χ4v) is 2.53. The van der Waals surface area contributed by atoms with E-state index in [1.807, 2.05) is 37.6 Å². The summed E-state index contributed by atoms with van der Waals surface area (Å²) in [6.07, 6.45) is 5.00. The second-order valence-electron chi connectivity index (χ2n) is 6.41. The van der Waals surface area contributed by atoms with Crippen molar-refractivity contribution in [1.29, 1.82) is 0 Å². The van der Waals surface area contributed by atoms with Gasteiger partial charge in [0, 0.05) is 13.2 Å². The summed E-state index contributed by atoms with van der Waals surface area (Å²) in [4.78, 5) is 0. The quantitative estimate of drug-likeness (QED) is 0.926. The van der Waals surface area contributed by atoms with E-state index >= 15 is 0 Å². The molecule has 1 N–H and O–H groups in total. The van der Waals surface area contributed by atoms with Crippen LogP contribution in [-0.4, -0.2) is 14.9 Å². The number of rotatable bonds is 4. The molecule has 1 atom stereocenters. The predicted octanol–water partition coefficient (Wildman–Crippen LogP) is 3.38. The molecule has 0 spiro atoms. The zero-order chi connectivity index (χ0) is 14.8. The van der Waals surface area contributed by atoms with Crippen LogP contribution in [0.25, 0.3) is 0 Å². The van der Waals surface area contributed by atoms with Gasteiger partial charge in [0.2, 0.25) is 0 Å².